The van der Waals surface area contributed by atoms with E-state index >= 15 is 0 Å². The fourth-order valence-electron chi connectivity index (χ4n) is 3.33. The van der Waals surface area contributed by atoms with Crippen molar-refractivity contribution in [2.45, 2.75) is 53.9 Å². The molecule has 0 bridgehead atoms. The second-order valence-electron chi connectivity index (χ2n) is 9.20. The largest absolute Gasteiger partial charge is 0.456 e. The van der Waals surface area contributed by atoms with Crippen molar-refractivity contribution in [3.05, 3.63) is 84.8 Å². The Kier molecular flexibility index (Phi) is 15.3. The van der Waals surface area contributed by atoms with Crippen LogP contribution in [0.4, 0.5) is 22.0 Å². The molecule has 1 aromatic heterocycles. The van der Waals surface area contributed by atoms with Gasteiger partial charge in [0.15, 0.2) is 0 Å². The van der Waals surface area contributed by atoms with Crippen LogP contribution in [0.3, 0.4) is 0 Å². The third-order valence-corrected chi connectivity index (χ3v) is 5.22. The fourth-order valence-corrected chi connectivity index (χ4v) is 3.33. The van der Waals surface area contributed by atoms with E-state index in [2.05, 4.69) is 43.3 Å². The van der Waals surface area contributed by atoms with Crippen molar-refractivity contribution in [2.24, 2.45) is 0 Å². The van der Waals surface area contributed by atoms with Gasteiger partial charge in [-0.1, -0.05) is 67.2 Å². The molecule has 3 aromatic rings. The summed E-state index contributed by atoms with van der Waals surface area (Å²) < 4.78 is 12.4. The van der Waals surface area contributed by atoms with E-state index in [1.54, 1.807) is 48.2 Å². The maximum absolute atomic E-state index is 12.9. The molecule has 3 rings (SSSR count). The normalized spacial score (nSPS) is 10.7. The van der Waals surface area contributed by atoms with Crippen LogP contribution in [-0.2, 0) is 10.2 Å². The number of benzene rings is 2. The lowest BCUT2D eigenvalue weighted by Gasteiger charge is -2.14. The molecule has 0 aliphatic rings. The maximum atomic E-state index is 12.9. The number of amides is 2. The second-order valence-corrected chi connectivity index (χ2v) is 9.20. The van der Waals surface area contributed by atoms with Gasteiger partial charge in [0.2, 0.25) is 0 Å². The van der Waals surface area contributed by atoms with E-state index in [-0.39, 0.29) is 5.41 Å². The van der Waals surface area contributed by atoms with Crippen LogP contribution in [0.25, 0.3) is 5.69 Å². The first-order chi connectivity index (χ1) is 19.7. The van der Waals surface area contributed by atoms with Gasteiger partial charge in [0.25, 0.3) is 0 Å². The second kappa shape index (κ2) is 18.1. The summed E-state index contributed by atoms with van der Waals surface area (Å²) in [6.45, 7) is 19.1. The highest BCUT2D eigenvalue weighted by atomic mass is 16.5. The standard InChI is InChI=1S/C28H34N6O3.2C2H6/c1-6-8-24(19-29)37-23-13-11-20(12-14-23)31-27(35)32-26-18-25(28(2,3)4)33-34(26)22-10-7-9-21(17-22)30-15-16-36-5;2*1-2/h6-14,17-19,29-30H,1,15-16H2,2-5H3,(H2,31,32,35);2*1-2H3/b24-8+,29-19?;;. The van der Waals surface area contributed by atoms with Crippen LogP contribution in [-0.4, -0.2) is 42.3 Å². The zero-order valence-corrected chi connectivity index (χ0v) is 25.7. The van der Waals surface area contributed by atoms with Crippen molar-refractivity contribution in [1.29, 1.82) is 5.41 Å². The van der Waals surface area contributed by atoms with E-state index in [1.165, 1.54) is 0 Å². The summed E-state index contributed by atoms with van der Waals surface area (Å²) in [5.74, 6) is 1.44. The number of hydrogen-bond donors (Lipinski definition) is 4. The average molecular weight is 563 g/mol. The monoisotopic (exact) mass is 562 g/mol. The Morgan fingerprint density at radius 2 is 1.71 bits per heavy atom. The highest BCUT2D eigenvalue weighted by molar-refractivity contribution is 5.99. The summed E-state index contributed by atoms with van der Waals surface area (Å²) in [7, 11) is 1.66. The number of nitrogens with zero attached hydrogens (tertiary/aromatic N) is 2. The third kappa shape index (κ3) is 11.3. The van der Waals surface area contributed by atoms with Crippen LogP contribution in [0, 0.1) is 5.41 Å². The van der Waals surface area contributed by atoms with Crippen molar-refractivity contribution >= 4 is 29.4 Å². The lowest BCUT2D eigenvalue weighted by atomic mass is 9.92. The maximum Gasteiger partial charge on any atom is 0.324 e. The summed E-state index contributed by atoms with van der Waals surface area (Å²) in [6, 6.07) is 16.1. The summed E-state index contributed by atoms with van der Waals surface area (Å²) in [5.41, 5.74) is 2.95. The predicted molar refractivity (Wildman–Crippen MR) is 172 cm³/mol. The van der Waals surface area contributed by atoms with E-state index in [0.717, 1.165) is 23.3 Å². The van der Waals surface area contributed by atoms with Gasteiger partial charge in [0, 0.05) is 36.5 Å². The molecule has 0 aliphatic carbocycles. The number of urea groups is 1. The first-order valence-electron chi connectivity index (χ1n) is 13.9. The Hall–Kier alpha value is -4.37. The number of aromatic nitrogens is 2. The smallest absolute Gasteiger partial charge is 0.324 e. The van der Waals surface area contributed by atoms with Crippen molar-refractivity contribution in [3.8, 4) is 11.4 Å². The molecule has 2 amide bonds. The Balaban J connectivity index is 0.00000201. The minimum atomic E-state index is -0.406. The van der Waals surface area contributed by atoms with E-state index in [4.69, 9.17) is 20.0 Å². The van der Waals surface area contributed by atoms with Crippen molar-refractivity contribution in [3.63, 3.8) is 0 Å². The van der Waals surface area contributed by atoms with Gasteiger partial charge in [-0.05, 0) is 48.5 Å². The molecule has 0 fully saturated rings. The zero-order chi connectivity index (χ0) is 30.8. The van der Waals surface area contributed by atoms with Gasteiger partial charge in [-0.25, -0.2) is 9.48 Å². The fraction of sp³-hybridized carbons (Fsp3) is 0.344. The molecule has 222 valence electrons. The van der Waals surface area contributed by atoms with E-state index < -0.39 is 6.03 Å². The minimum Gasteiger partial charge on any atom is -0.456 e. The molecule has 0 spiro atoms. The molecule has 0 radical (unpaired) electrons. The Labute approximate surface area is 245 Å². The van der Waals surface area contributed by atoms with Crippen LogP contribution in [0.1, 0.15) is 54.2 Å². The molecule has 0 unspecified atom stereocenters. The van der Waals surface area contributed by atoms with Gasteiger partial charge in [0.05, 0.1) is 24.2 Å². The quantitative estimate of drug-likeness (QED) is 0.0818. The number of methoxy groups -OCH3 is 1. The number of hydrogen-bond acceptors (Lipinski definition) is 6. The zero-order valence-electron chi connectivity index (χ0n) is 25.7. The Morgan fingerprint density at radius 3 is 2.29 bits per heavy atom. The Bertz CT molecular complexity index is 1260. The first kappa shape index (κ1) is 34.7. The lowest BCUT2D eigenvalue weighted by Crippen LogP contribution is -2.21. The van der Waals surface area contributed by atoms with Crippen LogP contribution < -0.4 is 20.7 Å². The van der Waals surface area contributed by atoms with Crippen molar-refractivity contribution < 1.29 is 14.3 Å². The predicted octanol–water partition coefficient (Wildman–Crippen LogP) is 8.02. The topological polar surface area (TPSA) is 113 Å². The minimum absolute atomic E-state index is 0.211. The van der Waals surface area contributed by atoms with Gasteiger partial charge < -0.3 is 25.5 Å². The van der Waals surface area contributed by atoms with Gasteiger partial charge in [-0.3, -0.25) is 5.32 Å². The summed E-state index contributed by atoms with van der Waals surface area (Å²) in [5, 5.41) is 21.2. The molecular formula is C32H46N6O3. The molecule has 41 heavy (non-hydrogen) atoms. The number of nitrogens with one attached hydrogen (secondary N) is 4. The number of carbonyl (C=O) groups excluding carboxylic acids is 1. The number of anilines is 3. The molecular weight excluding hydrogens is 516 g/mol. The number of carbonyl (C=O) groups is 1. The molecule has 4 N–H and O–H groups in total. The summed E-state index contributed by atoms with van der Waals surface area (Å²) in [6.07, 6.45) is 4.24. The van der Waals surface area contributed by atoms with Gasteiger partial charge >= 0.3 is 6.03 Å². The molecule has 0 saturated heterocycles. The molecule has 1 heterocycles. The first-order valence-corrected chi connectivity index (χ1v) is 13.9. The summed E-state index contributed by atoms with van der Waals surface area (Å²) >= 11 is 0. The van der Waals surface area contributed by atoms with Crippen molar-refractivity contribution in [2.75, 3.05) is 36.2 Å². The van der Waals surface area contributed by atoms with Crippen LogP contribution >= 0.6 is 0 Å². The number of ether oxygens (including phenoxy) is 2. The highest BCUT2D eigenvalue weighted by Crippen LogP contribution is 2.27. The number of rotatable bonds is 11. The molecule has 9 nitrogen and oxygen atoms in total. The van der Waals surface area contributed by atoms with Crippen LogP contribution in [0.15, 0.2) is 79.1 Å². The third-order valence-electron chi connectivity index (χ3n) is 5.22. The summed E-state index contributed by atoms with van der Waals surface area (Å²) in [4.78, 5) is 12.9. The molecule has 0 atom stereocenters. The van der Waals surface area contributed by atoms with Gasteiger partial charge in [-0.2, -0.15) is 5.10 Å². The van der Waals surface area contributed by atoms with Gasteiger partial charge in [0.1, 0.15) is 17.3 Å². The molecule has 0 aliphatic heterocycles. The number of allylic oxidation sites excluding steroid dienone is 3. The highest BCUT2D eigenvalue weighted by Gasteiger charge is 2.21. The van der Waals surface area contributed by atoms with Gasteiger partial charge in [-0.15, -0.1) is 0 Å². The average Bonchev–Trinajstić information content (AvgIpc) is 3.40. The van der Waals surface area contributed by atoms with E-state index in [1.807, 2.05) is 58.0 Å². The Morgan fingerprint density at radius 1 is 1.02 bits per heavy atom. The molecule has 9 heteroatoms. The van der Waals surface area contributed by atoms with Crippen molar-refractivity contribution in [1.82, 2.24) is 9.78 Å². The van der Waals surface area contributed by atoms with Crippen LogP contribution in [0.2, 0.25) is 0 Å². The molecule has 2 aromatic carbocycles. The van der Waals surface area contributed by atoms with E-state index in [0.29, 0.717) is 36.2 Å². The molecule has 0 saturated carbocycles. The lowest BCUT2D eigenvalue weighted by molar-refractivity contribution is 0.211. The van der Waals surface area contributed by atoms with E-state index in [9.17, 15) is 4.79 Å². The SMILES string of the molecule is C=C/C=C(\C=N)Oc1ccc(NC(=O)Nc2cc(C(C)(C)C)nn2-c2cccc(NCCOC)c2)cc1.CC.CC. The van der Waals surface area contributed by atoms with Crippen LogP contribution in [0.5, 0.6) is 5.75 Å².